The van der Waals surface area contributed by atoms with Crippen LogP contribution in [0.15, 0.2) is 0 Å². The first-order chi connectivity index (χ1) is 4.88. The van der Waals surface area contributed by atoms with Gasteiger partial charge in [-0.1, -0.05) is 31.4 Å². The molecule has 1 saturated carbocycles. The molecule has 1 aliphatic carbocycles. The summed E-state index contributed by atoms with van der Waals surface area (Å²) in [5.74, 6) is 0. The lowest BCUT2D eigenvalue weighted by atomic mass is 10.2. The summed E-state index contributed by atoms with van der Waals surface area (Å²) in [7, 11) is 1.59. The summed E-state index contributed by atoms with van der Waals surface area (Å²) in [5, 5.41) is 0. The summed E-state index contributed by atoms with van der Waals surface area (Å²) >= 11 is 4.21. The van der Waals surface area contributed by atoms with Crippen LogP contribution >= 0.6 is 22.6 Å². The molecule has 3 heteroatoms. The maximum absolute atomic E-state index is 4.21. The molecule has 0 unspecified atom stereocenters. The zero-order valence-corrected chi connectivity index (χ0v) is 8.13. The average Bonchev–Trinajstić information content (AvgIpc) is 2.43. The van der Waals surface area contributed by atoms with Crippen LogP contribution in [0.1, 0.15) is 32.6 Å². The number of hydrogen-bond acceptors (Lipinski definition) is 3. The molecule has 10 heavy (non-hydrogen) atoms. The summed E-state index contributed by atoms with van der Waals surface area (Å²) in [6.07, 6.45) is 5.58. The molecule has 1 nitrogen and oxygen atoms in total. The van der Waals surface area contributed by atoms with E-state index in [0.29, 0.717) is 0 Å². The first-order valence-electron chi connectivity index (χ1n) is 3.96. The number of hydrogen-bond donors (Lipinski definition) is 1. The lowest BCUT2D eigenvalue weighted by molar-refractivity contribution is 0.375. The summed E-state index contributed by atoms with van der Waals surface area (Å²) in [6, 6.07) is 0.812. The second-order valence-electron chi connectivity index (χ2n) is 2.75. The first kappa shape index (κ1) is 8.75. The summed E-state index contributed by atoms with van der Waals surface area (Å²) < 4.78 is 2.37. The van der Waals surface area contributed by atoms with Crippen molar-refractivity contribution < 1.29 is 0 Å². The van der Waals surface area contributed by atoms with Crippen LogP contribution in [0.5, 0.6) is 0 Å². The Hall–Kier alpha value is 0.660. The molecule has 0 saturated heterocycles. The standard InChI is InChI=1S/C7H15NS2/c1-2-8(10-9)7-5-3-4-6-7/h7,9H,2-6H2,1H3. The van der Waals surface area contributed by atoms with Crippen LogP contribution in [-0.4, -0.2) is 16.9 Å². The molecule has 0 atom stereocenters. The number of nitrogens with zero attached hydrogens (tertiary/aromatic N) is 1. The Bertz CT molecular complexity index is 87.6. The molecule has 0 spiro atoms. The van der Waals surface area contributed by atoms with E-state index < -0.39 is 0 Å². The van der Waals surface area contributed by atoms with Crippen molar-refractivity contribution in [3.8, 4) is 0 Å². The minimum atomic E-state index is 0.812. The smallest absolute Gasteiger partial charge is 0.0210 e. The van der Waals surface area contributed by atoms with E-state index in [1.165, 1.54) is 25.7 Å². The minimum absolute atomic E-state index is 0.812. The van der Waals surface area contributed by atoms with Crippen LogP contribution in [0.4, 0.5) is 0 Å². The van der Waals surface area contributed by atoms with Crippen molar-refractivity contribution in [1.29, 1.82) is 0 Å². The average molecular weight is 177 g/mol. The maximum Gasteiger partial charge on any atom is 0.0210 e. The highest BCUT2D eigenvalue weighted by Crippen LogP contribution is 2.29. The Kier molecular flexibility index (Phi) is 3.96. The van der Waals surface area contributed by atoms with Gasteiger partial charge in [-0.3, -0.25) is 0 Å². The Morgan fingerprint density at radius 2 is 2.10 bits per heavy atom. The van der Waals surface area contributed by atoms with Gasteiger partial charge in [0, 0.05) is 12.6 Å². The third-order valence-electron chi connectivity index (χ3n) is 2.15. The molecule has 0 bridgehead atoms. The molecule has 1 rings (SSSR count). The van der Waals surface area contributed by atoms with Crippen LogP contribution < -0.4 is 0 Å². The van der Waals surface area contributed by atoms with Gasteiger partial charge in [0.05, 0.1) is 0 Å². The molecule has 0 amide bonds. The highest BCUT2D eigenvalue weighted by Gasteiger charge is 2.20. The Balaban J connectivity index is 2.29. The van der Waals surface area contributed by atoms with Crippen molar-refractivity contribution in [2.24, 2.45) is 0 Å². The van der Waals surface area contributed by atoms with Gasteiger partial charge in [-0.25, -0.2) is 4.31 Å². The van der Waals surface area contributed by atoms with E-state index in [9.17, 15) is 0 Å². The van der Waals surface area contributed by atoms with Crippen molar-refractivity contribution in [2.75, 3.05) is 6.54 Å². The van der Waals surface area contributed by atoms with Crippen LogP contribution in [-0.2, 0) is 0 Å². The van der Waals surface area contributed by atoms with Gasteiger partial charge in [-0.05, 0) is 23.8 Å². The summed E-state index contributed by atoms with van der Waals surface area (Å²) in [4.78, 5) is 0. The zero-order valence-electron chi connectivity index (χ0n) is 6.42. The largest absolute Gasteiger partial charge is 0.239 e. The van der Waals surface area contributed by atoms with Crippen LogP contribution in [0.2, 0.25) is 0 Å². The first-order valence-corrected chi connectivity index (χ1v) is 5.79. The predicted octanol–water partition coefficient (Wildman–Crippen LogP) is 2.74. The second kappa shape index (κ2) is 4.52. The van der Waals surface area contributed by atoms with Gasteiger partial charge in [-0.2, -0.15) is 0 Å². The normalized spacial score (nSPS) is 20.7. The van der Waals surface area contributed by atoms with Crippen molar-refractivity contribution in [3.63, 3.8) is 0 Å². The van der Waals surface area contributed by atoms with E-state index in [4.69, 9.17) is 0 Å². The number of thiol groups is 1. The van der Waals surface area contributed by atoms with E-state index in [0.717, 1.165) is 12.6 Å². The third-order valence-corrected chi connectivity index (χ3v) is 3.54. The Labute approximate surface area is 72.5 Å². The quantitative estimate of drug-likeness (QED) is 0.401. The Morgan fingerprint density at radius 3 is 2.50 bits per heavy atom. The molecule has 1 aliphatic rings. The molecule has 0 N–H and O–H groups in total. The summed E-state index contributed by atoms with van der Waals surface area (Å²) in [6.45, 7) is 3.32. The van der Waals surface area contributed by atoms with Crippen molar-refractivity contribution in [3.05, 3.63) is 0 Å². The SMILES string of the molecule is CCN(SS)C1CCCC1. The maximum atomic E-state index is 4.21. The van der Waals surface area contributed by atoms with Gasteiger partial charge in [0.25, 0.3) is 0 Å². The van der Waals surface area contributed by atoms with Gasteiger partial charge in [0.15, 0.2) is 0 Å². The molecule has 0 heterocycles. The highest BCUT2D eigenvalue weighted by atomic mass is 33.1. The molecule has 0 aromatic carbocycles. The highest BCUT2D eigenvalue weighted by molar-refractivity contribution is 8.67. The molecular weight excluding hydrogens is 162 g/mol. The van der Waals surface area contributed by atoms with Crippen LogP contribution in [0, 0.1) is 0 Å². The fourth-order valence-corrected chi connectivity index (χ4v) is 2.78. The van der Waals surface area contributed by atoms with Crippen LogP contribution in [0.25, 0.3) is 0 Å². The van der Waals surface area contributed by atoms with E-state index >= 15 is 0 Å². The molecule has 0 aromatic rings. The van der Waals surface area contributed by atoms with E-state index in [1.807, 2.05) is 0 Å². The molecular formula is C7H15NS2. The molecule has 1 fully saturated rings. The lowest BCUT2D eigenvalue weighted by Crippen LogP contribution is -2.25. The van der Waals surface area contributed by atoms with Gasteiger partial charge in [0.2, 0.25) is 0 Å². The topological polar surface area (TPSA) is 3.24 Å². The predicted molar refractivity (Wildman–Crippen MR) is 51.2 cm³/mol. The number of rotatable bonds is 3. The molecule has 0 radical (unpaired) electrons. The van der Waals surface area contributed by atoms with E-state index in [1.54, 1.807) is 11.0 Å². The van der Waals surface area contributed by atoms with Crippen molar-refractivity contribution in [1.82, 2.24) is 4.31 Å². The third kappa shape index (κ3) is 2.07. The van der Waals surface area contributed by atoms with E-state index in [-0.39, 0.29) is 0 Å². The lowest BCUT2D eigenvalue weighted by Gasteiger charge is -2.22. The molecule has 60 valence electrons. The van der Waals surface area contributed by atoms with E-state index in [2.05, 4.69) is 22.9 Å². The van der Waals surface area contributed by atoms with Gasteiger partial charge in [-0.15, -0.1) is 0 Å². The monoisotopic (exact) mass is 177 g/mol. The second-order valence-corrected chi connectivity index (χ2v) is 3.88. The minimum Gasteiger partial charge on any atom is -0.239 e. The van der Waals surface area contributed by atoms with Gasteiger partial charge in [0.1, 0.15) is 0 Å². The summed E-state index contributed by atoms with van der Waals surface area (Å²) in [5.41, 5.74) is 0. The van der Waals surface area contributed by atoms with Crippen molar-refractivity contribution >= 4 is 22.6 Å². The fraction of sp³-hybridized carbons (Fsp3) is 1.00. The van der Waals surface area contributed by atoms with Gasteiger partial charge < -0.3 is 0 Å². The zero-order chi connectivity index (χ0) is 7.40. The fourth-order valence-electron chi connectivity index (χ4n) is 1.57. The van der Waals surface area contributed by atoms with Gasteiger partial charge >= 0.3 is 0 Å². The molecule has 0 aromatic heterocycles. The Morgan fingerprint density at radius 1 is 1.50 bits per heavy atom. The molecule has 0 aliphatic heterocycles. The van der Waals surface area contributed by atoms with Crippen LogP contribution in [0.3, 0.4) is 0 Å². The van der Waals surface area contributed by atoms with Crippen molar-refractivity contribution in [2.45, 2.75) is 38.6 Å².